The predicted molar refractivity (Wildman–Crippen MR) is 72.4 cm³/mol. The topological polar surface area (TPSA) is 64.9 Å². The normalized spacial score (nSPS) is 14.3. The maximum Gasteiger partial charge on any atom is 0.0805 e. The number of nitrogens with zero attached hydrogens (tertiary/aromatic N) is 1. The van der Waals surface area contributed by atoms with Gasteiger partial charge in [-0.3, -0.25) is 4.98 Å². The van der Waals surface area contributed by atoms with E-state index in [1.807, 2.05) is 36.4 Å². The first kappa shape index (κ1) is 12.2. The average Bonchev–Trinajstić information content (AvgIpc) is 2.39. The average molecular weight is 292 g/mol. The van der Waals surface area contributed by atoms with Crippen molar-refractivity contribution in [3.05, 3.63) is 64.4 Å². The SMILES string of the molecule is NCC(N)(c1ccccc1)c1cncc(Br)c1. The van der Waals surface area contributed by atoms with Gasteiger partial charge in [-0.25, -0.2) is 0 Å². The van der Waals surface area contributed by atoms with Crippen molar-refractivity contribution in [2.75, 3.05) is 6.54 Å². The fourth-order valence-corrected chi connectivity index (χ4v) is 2.16. The molecule has 88 valence electrons. The zero-order valence-corrected chi connectivity index (χ0v) is 10.9. The molecule has 0 aliphatic rings. The smallest absolute Gasteiger partial charge is 0.0805 e. The molecule has 4 heteroatoms. The molecule has 0 fully saturated rings. The molecule has 1 heterocycles. The Morgan fingerprint density at radius 3 is 2.41 bits per heavy atom. The third-order valence-electron chi connectivity index (χ3n) is 2.83. The second-order valence-electron chi connectivity index (χ2n) is 3.93. The van der Waals surface area contributed by atoms with Gasteiger partial charge in [-0.2, -0.15) is 0 Å². The van der Waals surface area contributed by atoms with E-state index in [4.69, 9.17) is 11.5 Å². The number of nitrogens with two attached hydrogens (primary N) is 2. The van der Waals surface area contributed by atoms with E-state index in [2.05, 4.69) is 20.9 Å². The highest BCUT2D eigenvalue weighted by Crippen LogP contribution is 2.26. The van der Waals surface area contributed by atoms with Gasteiger partial charge in [0.2, 0.25) is 0 Å². The lowest BCUT2D eigenvalue weighted by molar-refractivity contribution is 0.549. The van der Waals surface area contributed by atoms with Gasteiger partial charge in [-0.15, -0.1) is 0 Å². The largest absolute Gasteiger partial charge is 0.328 e. The molecule has 0 radical (unpaired) electrons. The molecule has 1 aromatic heterocycles. The van der Waals surface area contributed by atoms with E-state index in [-0.39, 0.29) is 0 Å². The van der Waals surface area contributed by atoms with E-state index < -0.39 is 5.54 Å². The highest BCUT2D eigenvalue weighted by molar-refractivity contribution is 9.10. The molecule has 0 saturated carbocycles. The van der Waals surface area contributed by atoms with Gasteiger partial charge in [-0.05, 0) is 33.1 Å². The van der Waals surface area contributed by atoms with Gasteiger partial charge in [0.1, 0.15) is 0 Å². The minimum Gasteiger partial charge on any atom is -0.328 e. The summed E-state index contributed by atoms with van der Waals surface area (Å²) >= 11 is 3.40. The third kappa shape index (κ3) is 2.39. The third-order valence-corrected chi connectivity index (χ3v) is 3.26. The van der Waals surface area contributed by atoms with Crippen molar-refractivity contribution < 1.29 is 0 Å². The van der Waals surface area contributed by atoms with Crippen LogP contribution in [-0.2, 0) is 5.54 Å². The maximum absolute atomic E-state index is 6.42. The molecule has 0 saturated heterocycles. The molecule has 0 bridgehead atoms. The minimum atomic E-state index is -0.696. The Labute approximate surface area is 109 Å². The van der Waals surface area contributed by atoms with Crippen molar-refractivity contribution in [3.63, 3.8) is 0 Å². The van der Waals surface area contributed by atoms with Crippen LogP contribution in [-0.4, -0.2) is 11.5 Å². The van der Waals surface area contributed by atoms with Crippen molar-refractivity contribution in [1.82, 2.24) is 4.98 Å². The summed E-state index contributed by atoms with van der Waals surface area (Å²) in [6.45, 7) is 0.329. The van der Waals surface area contributed by atoms with Crippen LogP contribution in [0.3, 0.4) is 0 Å². The summed E-state index contributed by atoms with van der Waals surface area (Å²) in [6.07, 6.45) is 3.48. The Bertz CT molecular complexity index is 501. The summed E-state index contributed by atoms with van der Waals surface area (Å²) in [5, 5.41) is 0. The fraction of sp³-hybridized carbons (Fsp3) is 0.154. The Morgan fingerprint density at radius 1 is 1.12 bits per heavy atom. The van der Waals surface area contributed by atoms with E-state index in [1.165, 1.54) is 0 Å². The van der Waals surface area contributed by atoms with E-state index in [0.29, 0.717) is 6.54 Å². The Morgan fingerprint density at radius 2 is 1.82 bits per heavy atom. The number of halogens is 1. The van der Waals surface area contributed by atoms with E-state index >= 15 is 0 Å². The molecule has 0 amide bonds. The molecule has 3 nitrogen and oxygen atoms in total. The molecule has 1 unspecified atom stereocenters. The second kappa shape index (κ2) is 4.96. The summed E-state index contributed by atoms with van der Waals surface area (Å²) in [5.74, 6) is 0. The number of rotatable bonds is 3. The van der Waals surface area contributed by atoms with Crippen LogP contribution >= 0.6 is 15.9 Å². The van der Waals surface area contributed by atoms with Crippen molar-refractivity contribution in [1.29, 1.82) is 0 Å². The molecule has 4 N–H and O–H groups in total. The van der Waals surface area contributed by atoms with Crippen molar-refractivity contribution in [2.24, 2.45) is 11.5 Å². The molecule has 1 atom stereocenters. The van der Waals surface area contributed by atoms with Gasteiger partial charge in [0.15, 0.2) is 0 Å². The van der Waals surface area contributed by atoms with Crippen LogP contribution in [0.1, 0.15) is 11.1 Å². The first-order valence-electron chi connectivity index (χ1n) is 5.32. The zero-order valence-electron chi connectivity index (χ0n) is 9.31. The minimum absolute atomic E-state index is 0.329. The van der Waals surface area contributed by atoms with Crippen LogP contribution in [0.15, 0.2) is 53.3 Å². The van der Waals surface area contributed by atoms with Crippen molar-refractivity contribution >= 4 is 15.9 Å². The van der Waals surface area contributed by atoms with Crippen LogP contribution in [0.5, 0.6) is 0 Å². The summed E-state index contributed by atoms with van der Waals surface area (Å²) in [7, 11) is 0. The lowest BCUT2D eigenvalue weighted by Gasteiger charge is -2.28. The van der Waals surface area contributed by atoms with Crippen LogP contribution in [0.4, 0.5) is 0 Å². The van der Waals surface area contributed by atoms with Gasteiger partial charge in [0.25, 0.3) is 0 Å². The predicted octanol–water partition coefficient (Wildman–Crippen LogP) is 2.01. The van der Waals surface area contributed by atoms with Gasteiger partial charge < -0.3 is 11.5 Å². The first-order chi connectivity index (χ1) is 8.16. The lowest BCUT2D eigenvalue weighted by Crippen LogP contribution is -2.45. The molecule has 0 spiro atoms. The molecule has 1 aromatic carbocycles. The molecule has 0 aliphatic carbocycles. The Hall–Kier alpha value is -1.23. The van der Waals surface area contributed by atoms with Gasteiger partial charge in [-0.1, -0.05) is 30.3 Å². The molecule has 0 aliphatic heterocycles. The molecule has 17 heavy (non-hydrogen) atoms. The molecule has 2 aromatic rings. The summed E-state index contributed by atoms with van der Waals surface area (Å²) in [6, 6.07) is 11.8. The van der Waals surface area contributed by atoms with E-state index in [1.54, 1.807) is 12.4 Å². The van der Waals surface area contributed by atoms with Crippen LogP contribution in [0, 0.1) is 0 Å². The molecular formula is C13H14BrN3. The van der Waals surface area contributed by atoms with Gasteiger partial charge in [0, 0.05) is 23.4 Å². The first-order valence-corrected chi connectivity index (χ1v) is 6.11. The quantitative estimate of drug-likeness (QED) is 0.909. The van der Waals surface area contributed by atoms with Gasteiger partial charge in [0.05, 0.1) is 5.54 Å². The Balaban J connectivity index is 2.52. The summed E-state index contributed by atoms with van der Waals surface area (Å²) < 4.78 is 0.897. The van der Waals surface area contributed by atoms with Crippen LogP contribution in [0.2, 0.25) is 0 Å². The maximum atomic E-state index is 6.42. The van der Waals surface area contributed by atoms with E-state index in [9.17, 15) is 0 Å². The molecular weight excluding hydrogens is 278 g/mol. The van der Waals surface area contributed by atoms with Gasteiger partial charge >= 0.3 is 0 Å². The Kier molecular flexibility index (Phi) is 3.57. The monoisotopic (exact) mass is 291 g/mol. The van der Waals surface area contributed by atoms with Crippen molar-refractivity contribution in [2.45, 2.75) is 5.54 Å². The second-order valence-corrected chi connectivity index (χ2v) is 4.85. The zero-order chi connectivity index (χ0) is 12.3. The van der Waals surface area contributed by atoms with Crippen LogP contribution < -0.4 is 11.5 Å². The number of hydrogen-bond donors (Lipinski definition) is 2. The highest BCUT2D eigenvalue weighted by Gasteiger charge is 2.28. The lowest BCUT2D eigenvalue weighted by atomic mass is 9.85. The summed E-state index contributed by atoms with van der Waals surface area (Å²) in [5.41, 5.74) is 13.5. The summed E-state index contributed by atoms with van der Waals surface area (Å²) in [4.78, 5) is 4.14. The standard InChI is InChI=1S/C13H14BrN3/c14-12-6-11(7-17-8-12)13(16,9-15)10-4-2-1-3-5-10/h1-8H,9,15-16H2. The number of hydrogen-bond acceptors (Lipinski definition) is 3. The van der Waals surface area contributed by atoms with E-state index in [0.717, 1.165) is 15.6 Å². The fourth-order valence-electron chi connectivity index (χ4n) is 1.79. The highest BCUT2D eigenvalue weighted by atomic mass is 79.9. The van der Waals surface area contributed by atoms with Crippen LogP contribution in [0.25, 0.3) is 0 Å². The molecule has 2 rings (SSSR count). The number of aromatic nitrogens is 1. The number of pyridine rings is 1. The van der Waals surface area contributed by atoms with Crippen molar-refractivity contribution in [3.8, 4) is 0 Å². The number of benzene rings is 1.